The van der Waals surface area contributed by atoms with Crippen LogP contribution in [0.4, 0.5) is 14.5 Å². The van der Waals surface area contributed by atoms with Crippen LogP contribution in [0.25, 0.3) is 0 Å². The van der Waals surface area contributed by atoms with Crippen LogP contribution in [0.3, 0.4) is 0 Å². The lowest BCUT2D eigenvalue weighted by atomic mass is 10.1. The van der Waals surface area contributed by atoms with Gasteiger partial charge in [-0.3, -0.25) is 13.9 Å². The average molecular weight is 574 g/mol. The van der Waals surface area contributed by atoms with Crippen molar-refractivity contribution in [3.8, 4) is 0 Å². The van der Waals surface area contributed by atoms with Crippen LogP contribution in [-0.4, -0.2) is 50.5 Å². The van der Waals surface area contributed by atoms with Crippen molar-refractivity contribution in [1.29, 1.82) is 0 Å². The van der Waals surface area contributed by atoms with E-state index >= 15 is 0 Å². The fourth-order valence-electron chi connectivity index (χ4n) is 3.41. The van der Waals surface area contributed by atoms with Gasteiger partial charge in [-0.15, -0.1) is 0 Å². The van der Waals surface area contributed by atoms with E-state index in [0.717, 1.165) is 39.2 Å². The number of sulfonamides is 1. The number of anilines is 1. The average Bonchev–Trinajstić information content (AvgIpc) is 2.80. The van der Waals surface area contributed by atoms with E-state index in [2.05, 4.69) is 21.2 Å². The predicted octanol–water partition coefficient (Wildman–Crippen LogP) is 4.22. The Morgan fingerprint density at radius 1 is 1.09 bits per heavy atom. The van der Waals surface area contributed by atoms with Gasteiger partial charge in [-0.2, -0.15) is 0 Å². The molecule has 0 aliphatic heterocycles. The third-order valence-electron chi connectivity index (χ3n) is 5.33. The van der Waals surface area contributed by atoms with Gasteiger partial charge in [0.1, 0.15) is 6.04 Å². The minimum absolute atomic E-state index is 0.0297. The summed E-state index contributed by atoms with van der Waals surface area (Å²) in [7, 11) is -3.81. The summed E-state index contributed by atoms with van der Waals surface area (Å²) in [6.07, 6.45) is 1.78. The molecule has 1 unspecified atom stereocenters. The molecule has 0 saturated carbocycles. The molecule has 0 aromatic heterocycles. The van der Waals surface area contributed by atoms with Crippen LogP contribution in [-0.2, 0) is 26.2 Å². The molecule has 0 saturated heterocycles. The van der Waals surface area contributed by atoms with Crippen LogP contribution in [0.1, 0.15) is 38.7 Å². The zero-order chi connectivity index (χ0) is 26.2. The molecule has 2 aromatic rings. The third kappa shape index (κ3) is 8.57. The number of rotatable bonds is 12. The lowest BCUT2D eigenvalue weighted by molar-refractivity contribution is -0.140. The summed E-state index contributed by atoms with van der Waals surface area (Å²) in [5.74, 6) is -2.86. The van der Waals surface area contributed by atoms with Crippen molar-refractivity contribution in [2.75, 3.05) is 23.7 Å². The number of hydrogen-bond acceptors (Lipinski definition) is 4. The quantitative estimate of drug-likeness (QED) is 0.412. The van der Waals surface area contributed by atoms with Crippen molar-refractivity contribution in [3.05, 3.63) is 64.1 Å². The number of amides is 2. The van der Waals surface area contributed by atoms with E-state index < -0.39 is 27.7 Å². The Bertz CT molecular complexity index is 1130. The molecular formula is C24H30BrF2N3O4S. The van der Waals surface area contributed by atoms with Gasteiger partial charge in [0.15, 0.2) is 11.6 Å². The summed E-state index contributed by atoms with van der Waals surface area (Å²) in [4.78, 5) is 27.2. The van der Waals surface area contributed by atoms with Crippen LogP contribution < -0.4 is 9.62 Å². The number of nitrogens with one attached hydrogen (secondary N) is 1. The maximum absolute atomic E-state index is 13.7. The molecule has 0 fully saturated rings. The monoisotopic (exact) mass is 573 g/mol. The summed E-state index contributed by atoms with van der Waals surface area (Å²) in [5.41, 5.74) is 0.800. The highest BCUT2D eigenvalue weighted by Gasteiger charge is 2.26. The van der Waals surface area contributed by atoms with Gasteiger partial charge in [0.25, 0.3) is 0 Å². The van der Waals surface area contributed by atoms with Gasteiger partial charge in [0.05, 0.1) is 11.9 Å². The number of carbonyl (C=O) groups excluding carboxylic acids is 2. The van der Waals surface area contributed by atoms with Gasteiger partial charge in [0, 0.05) is 36.6 Å². The second-order valence-electron chi connectivity index (χ2n) is 8.15. The molecule has 0 bridgehead atoms. The van der Waals surface area contributed by atoms with Crippen molar-refractivity contribution in [1.82, 2.24) is 10.2 Å². The molecule has 1 atom stereocenters. The largest absolute Gasteiger partial charge is 0.354 e. The van der Waals surface area contributed by atoms with Gasteiger partial charge in [-0.05, 0) is 49.6 Å². The lowest BCUT2D eigenvalue weighted by Gasteiger charge is -2.29. The maximum atomic E-state index is 13.7. The predicted molar refractivity (Wildman–Crippen MR) is 135 cm³/mol. The van der Waals surface area contributed by atoms with Crippen LogP contribution in [0.15, 0.2) is 46.9 Å². The molecule has 0 radical (unpaired) electrons. The number of nitrogens with zero attached hydrogens (tertiary/aromatic N) is 2. The summed E-state index contributed by atoms with van der Waals surface area (Å²) in [6.45, 7) is 4.15. The minimum atomic E-state index is -3.81. The molecule has 7 nitrogen and oxygen atoms in total. The number of hydrogen-bond donors (Lipinski definition) is 1. The molecule has 0 heterocycles. The molecule has 2 aromatic carbocycles. The van der Waals surface area contributed by atoms with E-state index in [0.29, 0.717) is 6.54 Å². The molecule has 1 N–H and O–H groups in total. The molecule has 0 aliphatic carbocycles. The van der Waals surface area contributed by atoms with E-state index in [9.17, 15) is 26.8 Å². The van der Waals surface area contributed by atoms with Crippen molar-refractivity contribution in [3.63, 3.8) is 0 Å². The first-order valence-corrected chi connectivity index (χ1v) is 13.8. The van der Waals surface area contributed by atoms with Gasteiger partial charge in [-0.25, -0.2) is 17.2 Å². The summed E-state index contributed by atoms with van der Waals surface area (Å²) >= 11 is 3.37. The first-order valence-electron chi connectivity index (χ1n) is 11.2. The van der Waals surface area contributed by atoms with Crippen molar-refractivity contribution in [2.24, 2.45) is 0 Å². The van der Waals surface area contributed by atoms with Crippen LogP contribution in [0, 0.1) is 11.6 Å². The Morgan fingerprint density at radius 2 is 1.74 bits per heavy atom. The van der Waals surface area contributed by atoms with Crippen molar-refractivity contribution < 1.29 is 26.8 Å². The van der Waals surface area contributed by atoms with Crippen LogP contribution >= 0.6 is 15.9 Å². The molecule has 11 heteroatoms. The fourth-order valence-corrected chi connectivity index (χ4v) is 4.63. The molecule has 2 rings (SSSR count). The highest BCUT2D eigenvalue weighted by Crippen LogP contribution is 2.22. The van der Waals surface area contributed by atoms with E-state index in [-0.39, 0.29) is 43.4 Å². The Labute approximate surface area is 213 Å². The fraction of sp³-hybridized carbons (Fsp3) is 0.417. The zero-order valence-electron chi connectivity index (χ0n) is 19.9. The summed E-state index contributed by atoms with van der Waals surface area (Å²) in [5, 5.41) is 2.79. The van der Waals surface area contributed by atoms with Crippen LogP contribution in [0.2, 0.25) is 0 Å². The number of benzene rings is 2. The standard InChI is InChI=1S/C24H30BrF2N3O4S/c1-4-13-28-24(32)17(2)29(16-18-7-9-19(25)10-8-18)23(31)6-5-14-30(35(3,33)34)20-11-12-21(26)22(27)15-20/h7-12,15,17H,4-6,13-14,16H2,1-3H3,(H,28,32). The van der Waals surface area contributed by atoms with Gasteiger partial charge in [-0.1, -0.05) is 35.0 Å². The molecule has 0 aliphatic rings. The molecule has 0 spiro atoms. The van der Waals surface area contributed by atoms with Crippen LogP contribution in [0.5, 0.6) is 0 Å². The molecule has 2 amide bonds. The first kappa shape index (κ1) is 28.7. The van der Waals surface area contributed by atoms with Gasteiger partial charge in [0.2, 0.25) is 21.8 Å². The second kappa shape index (κ2) is 13.0. The molecular weight excluding hydrogens is 544 g/mol. The highest BCUT2D eigenvalue weighted by atomic mass is 79.9. The van der Waals surface area contributed by atoms with Crippen molar-refractivity contribution >= 4 is 43.5 Å². The van der Waals surface area contributed by atoms with Crippen molar-refractivity contribution in [2.45, 2.75) is 45.7 Å². The van der Waals surface area contributed by atoms with Gasteiger partial charge >= 0.3 is 0 Å². The molecule has 192 valence electrons. The Kier molecular flexibility index (Phi) is 10.6. The van der Waals surface area contributed by atoms with E-state index in [1.165, 1.54) is 11.0 Å². The zero-order valence-corrected chi connectivity index (χ0v) is 22.3. The second-order valence-corrected chi connectivity index (χ2v) is 11.0. The molecule has 35 heavy (non-hydrogen) atoms. The van der Waals surface area contributed by atoms with E-state index in [4.69, 9.17) is 0 Å². The Morgan fingerprint density at radius 3 is 2.31 bits per heavy atom. The first-order chi connectivity index (χ1) is 16.4. The minimum Gasteiger partial charge on any atom is -0.354 e. The Hall–Kier alpha value is -2.53. The number of carbonyl (C=O) groups is 2. The topological polar surface area (TPSA) is 86.8 Å². The number of halogens is 3. The normalized spacial score (nSPS) is 12.2. The summed E-state index contributed by atoms with van der Waals surface area (Å²) < 4.78 is 53.3. The smallest absolute Gasteiger partial charge is 0.242 e. The lowest BCUT2D eigenvalue weighted by Crippen LogP contribution is -2.47. The van der Waals surface area contributed by atoms with E-state index in [1.54, 1.807) is 6.92 Å². The maximum Gasteiger partial charge on any atom is 0.242 e. The van der Waals surface area contributed by atoms with E-state index in [1.807, 2.05) is 31.2 Å². The van der Waals surface area contributed by atoms with Gasteiger partial charge < -0.3 is 10.2 Å². The SMILES string of the molecule is CCCNC(=O)C(C)N(Cc1ccc(Br)cc1)C(=O)CCCN(c1ccc(F)c(F)c1)S(C)(=O)=O. The highest BCUT2D eigenvalue weighted by molar-refractivity contribution is 9.10. The third-order valence-corrected chi connectivity index (χ3v) is 7.05. The summed E-state index contributed by atoms with van der Waals surface area (Å²) in [6, 6.07) is 9.45. The Balaban J connectivity index is 2.16.